The molecule has 432 valence electrons. The first-order valence-electron chi connectivity index (χ1n) is 27.7. The Kier molecular flexibility index (Phi) is 18.7. The Bertz CT molecular complexity index is 3340. The number of fused-ring (bicyclic) bond motifs is 4. The van der Waals surface area contributed by atoms with Crippen LogP contribution >= 0.6 is 0 Å². The number of nitrogens with one attached hydrogen (secondary N) is 1. The number of aromatic nitrogens is 2. The molecule has 0 atom stereocenters. The molecule has 81 heavy (non-hydrogen) atoms. The van der Waals surface area contributed by atoms with Gasteiger partial charge in [0.05, 0.1) is 39.5 Å². The van der Waals surface area contributed by atoms with Crippen molar-refractivity contribution in [1.82, 2.24) is 29.2 Å². The number of pyridine rings is 2. The average molecular weight is 1120 g/mol. The van der Waals surface area contributed by atoms with Gasteiger partial charge in [-0.05, 0) is 142 Å². The summed E-state index contributed by atoms with van der Waals surface area (Å²) in [5.74, 6) is 3.02. The van der Waals surface area contributed by atoms with E-state index in [0.717, 1.165) is 91.8 Å². The summed E-state index contributed by atoms with van der Waals surface area (Å²) >= 11 is 0. The number of carbonyl (C=O) groups is 3. The van der Waals surface area contributed by atoms with E-state index in [9.17, 15) is 24.0 Å². The van der Waals surface area contributed by atoms with Crippen molar-refractivity contribution in [2.24, 2.45) is 0 Å². The Balaban J connectivity index is 0.000000198. The predicted molar refractivity (Wildman–Crippen MR) is 305 cm³/mol. The summed E-state index contributed by atoms with van der Waals surface area (Å²) in [6.45, 7) is 14.5. The molecule has 4 aromatic carbocycles. The quantitative estimate of drug-likeness (QED) is 0.0747. The highest BCUT2D eigenvalue weighted by Crippen LogP contribution is 2.33. The Labute approximate surface area is 471 Å². The standard InChI is InChI=1S/C33H41N3O8.C28H33N3O6/c1-33(2,3)44-32(39)36(21-22-6-9-28-29(18-22)43-17-16-42-28)24-10-12-34(13-11-24)14-15-35-27-20-25(40-4)8-7-23(27)19-26(30(35)37)31(38)41-5;1-34-22-5-4-20-16-23(28(33)35-2)27(32)31(24(20)17-22)12-11-30-9-7-21(8-10-30)29-18-19-3-6-25-26(15-19)37-14-13-36-25/h6-9,18-20,24H,10-17,21H2,1-5H3;3-6,15-17,21,29H,7-14,18H2,1-2H3. The van der Waals surface area contributed by atoms with Gasteiger partial charge in [0.2, 0.25) is 0 Å². The van der Waals surface area contributed by atoms with Crippen molar-refractivity contribution in [3.8, 4) is 34.5 Å². The number of nitrogens with zero attached hydrogens (tertiary/aromatic N) is 5. The van der Waals surface area contributed by atoms with Crippen LogP contribution in [0.25, 0.3) is 21.8 Å². The van der Waals surface area contributed by atoms with Gasteiger partial charge in [0.25, 0.3) is 11.1 Å². The Morgan fingerprint density at radius 3 is 1.49 bits per heavy atom. The molecule has 0 radical (unpaired) electrons. The molecule has 10 rings (SSSR count). The second-order valence-electron chi connectivity index (χ2n) is 21.5. The molecule has 20 heteroatoms. The third-order valence-corrected chi connectivity index (χ3v) is 15.1. The molecule has 2 saturated heterocycles. The maximum atomic E-state index is 13.4. The number of esters is 2. The minimum atomic E-state index is -0.664. The van der Waals surface area contributed by atoms with Crippen molar-refractivity contribution < 1.29 is 57.0 Å². The van der Waals surface area contributed by atoms with Crippen LogP contribution in [0, 0.1) is 0 Å². The molecule has 20 nitrogen and oxygen atoms in total. The van der Waals surface area contributed by atoms with Gasteiger partial charge in [-0.1, -0.05) is 12.1 Å². The second-order valence-corrected chi connectivity index (χ2v) is 21.5. The van der Waals surface area contributed by atoms with Gasteiger partial charge >= 0.3 is 18.0 Å². The molecule has 0 saturated carbocycles. The highest BCUT2D eigenvalue weighted by atomic mass is 16.6. The fraction of sp³-hybridized carbons (Fsp3) is 0.459. The van der Waals surface area contributed by atoms with Gasteiger partial charge in [0.15, 0.2) is 23.0 Å². The number of rotatable bonds is 16. The molecule has 0 spiro atoms. The van der Waals surface area contributed by atoms with Gasteiger partial charge in [0.1, 0.15) is 54.7 Å². The van der Waals surface area contributed by atoms with Crippen LogP contribution < -0.4 is 44.9 Å². The van der Waals surface area contributed by atoms with Crippen LogP contribution in [0.4, 0.5) is 4.79 Å². The van der Waals surface area contributed by atoms with E-state index in [1.165, 1.54) is 19.8 Å². The first kappa shape index (κ1) is 57.9. The third-order valence-electron chi connectivity index (χ3n) is 15.1. The van der Waals surface area contributed by atoms with Crippen LogP contribution in [0.3, 0.4) is 0 Å². The van der Waals surface area contributed by atoms with Gasteiger partial charge in [-0.2, -0.15) is 0 Å². The summed E-state index contributed by atoms with van der Waals surface area (Å²) in [5, 5.41) is 5.21. The van der Waals surface area contributed by atoms with E-state index < -0.39 is 23.1 Å². The number of likely N-dealkylation sites (tertiary alicyclic amines) is 2. The van der Waals surface area contributed by atoms with Gasteiger partial charge < -0.3 is 71.8 Å². The molecule has 0 unspecified atom stereocenters. The van der Waals surface area contributed by atoms with E-state index >= 15 is 0 Å². The summed E-state index contributed by atoms with van der Waals surface area (Å²) in [6, 6.07) is 26.4. The number of hydrogen-bond acceptors (Lipinski definition) is 17. The zero-order chi connectivity index (χ0) is 57.2. The van der Waals surface area contributed by atoms with E-state index in [-0.39, 0.29) is 28.8 Å². The summed E-state index contributed by atoms with van der Waals surface area (Å²) in [7, 11) is 5.72. The number of amides is 1. The van der Waals surface area contributed by atoms with Crippen molar-refractivity contribution in [2.45, 2.75) is 90.3 Å². The normalized spacial score (nSPS) is 15.8. The van der Waals surface area contributed by atoms with Gasteiger partial charge in [-0.3, -0.25) is 9.59 Å². The average Bonchev–Trinajstić information content (AvgIpc) is 3.68. The molecular weight excluding hydrogens is 1040 g/mol. The van der Waals surface area contributed by atoms with E-state index in [1.54, 1.807) is 47.6 Å². The molecule has 4 aliphatic heterocycles. The van der Waals surface area contributed by atoms with Crippen molar-refractivity contribution in [3.63, 3.8) is 0 Å². The smallest absolute Gasteiger partial charge is 0.410 e. The summed E-state index contributed by atoms with van der Waals surface area (Å²) < 4.78 is 52.3. The number of carbonyl (C=O) groups excluding carboxylic acids is 3. The molecule has 0 bridgehead atoms. The number of benzene rings is 4. The van der Waals surface area contributed by atoms with Crippen LogP contribution in [0.1, 0.15) is 78.3 Å². The summed E-state index contributed by atoms with van der Waals surface area (Å²) in [5.41, 5.74) is 2.22. The lowest BCUT2D eigenvalue weighted by molar-refractivity contribution is 0.00558. The summed E-state index contributed by atoms with van der Waals surface area (Å²) in [6.07, 6.45) is 3.19. The van der Waals surface area contributed by atoms with Crippen molar-refractivity contribution in [2.75, 3.05) is 94.1 Å². The molecule has 1 amide bonds. The second kappa shape index (κ2) is 26.2. The summed E-state index contributed by atoms with van der Waals surface area (Å²) in [4.78, 5) is 71.1. The first-order valence-corrected chi connectivity index (χ1v) is 27.7. The van der Waals surface area contributed by atoms with Crippen molar-refractivity contribution in [3.05, 3.63) is 128 Å². The zero-order valence-corrected chi connectivity index (χ0v) is 47.4. The lowest BCUT2D eigenvalue weighted by Gasteiger charge is -2.39. The molecule has 4 aliphatic rings. The first-order chi connectivity index (χ1) is 39.1. The number of methoxy groups -OCH3 is 4. The lowest BCUT2D eigenvalue weighted by atomic mass is 10.0. The number of hydrogen-bond donors (Lipinski definition) is 1. The SMILES string of the molecule is COC(=O)c1cc2ccc(OC)cc2n(CCN2CCC(N(Cc3ccc4c(c3)OCCO4)C(=O)OC(C)(C)C)CC2)c1=O.COC(=O)c1cc2ccc(OC)cc2n(CCN2CCC(NCc3ccc4c(c3)OCCO4)CC2)c1=O. The molecule has 2 fully saturated rings. The van der Waals surface area contributed by atoms with Crippen LogP contribution in [-0.4, -0.2) is 154 Å². The molecular formula is C61H74N6O14. The third kappa shape index (κ3) is 14.2. The maximum absolute atomic E-state index is 13.4. The van der Waals surface area contributed by atoms with Gasteiger partial charge in [-0.25, -0.2) is 14.4 Å². The largest absolute Gasteiger partial charge is 0.497 e. The molecule has 6 heterocycles. The zero-order valence-electron chi connectivity index (χ0n) is 47.4. The minimum Gasteiger partial charge on any atom is -0.497 e. The van der Waals surface area contributed by atoms with Crippen LogP contribution in [0.5, 0.6) is 34.5 Å². The Hall–Kier alpha value is -7.81. The van der Waals surface area contributed by atoms with Crippen molar-refractivity contribution >= 4 is 39.8 Å². The highest BCUT2D eigenvalue weighted by molar-refractivity contribution is 5.95. The number of piperidine rings is 2. The fourth-order valence-corrected chi connectivity index (χ4v) is 10.7. The minimum absolute atomic E-state index is 0.00369. The van der Waals surface area contributed by atoms with E-state index in [2.05, 4.69) is 27.2 Å². The van der Waals surface area contributed by atoms with E-state index in [0.29, 0.717) is 93.7 Å². The topological polar surface area (TPSA) is 200 Å². The van der Waals surface area contributed by atoms with E-state index in [4.69, 9.17) is 42.6 Å². The van der Waals surface area contributed by atoms with Crippen LogP contribution in [-0.2, 0) is 40.4 Å². The predicted octanol–water partition coefficient (Wildman–Crippen LogP) is 7.29. The molecule has 6 aromatic rings. The monoisotopic (exact) mass is 1110 g/mol. The van der Waals surface area contributed by atoms with Gasteiger partial charge in [-0.15, -0.1) is 0 Å². The van der Waals surface area contributed by atoms with Gasteiger partial charge in [0, 0.05) is 76.6 Å². The Morgan fingerprint density at radius 1 is 0.568 bits per heavy atom. The van der Waals surface area contributed by atoms with Crippen LogP contribution in [0.15, 0.2) is 94.5 Å². The molecule has 0 aliphatic carbocycles. The fourth-order valence-electron chi connectivity index (χ4n) is 10.7. The van der Waals surface area contributed by atoms with Crippen LogP contribution in [0.2, 0.25) is 0 Å². The maximum Gasteiger partial charge on any atom is 0.410 e. The molecule has 2 aromatic heterocycles. The van der Waals surface area contributed by atoms with E-state index in [1.807, 2.05) is 74.2 Å². The highest BCUT2D eigenvalue weighted by Gasteiger charge is 2.32. The molecule has 1 N–H and O–H groups in total. The lowest BCUT2D eigenvalue weighted by Crippen LogP contribution is -2.49. The van der Waals surface area contributed by atoms with Crippen molar-refractivity contribution in [1.29, 1.82) is 0 Å². The number of ether oxygens (including phenoxy) is 9. The Morgan fingerprint density at radius 2 is 1.02 bits per heavy atom.